The van der Waals surface area contributed by atoms with Crippen molar-refractivity contribution in [2.24, 2.45) is 0 Å². The first-order chi connectivity index (χ1) is 9.15. The Hall–Kier alpha value is -1.91. The molecule has 1 aromatic rings. The lowest BCUT2D eigenvalue weighted by atomic mass is 9.99. The molecule has 0 spiro atoms. The van der Waals surface area contributed by atoms with Gasteiger partial charge in [0, 0.05) is 12.6 Å². The second-order valence-corrected chi connectivity index (χ2v) is 4.35. The molecule has 1 aliphatic heterocycles. The summed E-state index contributed by atoms with van der Waals surface area (Å²) in [5.41, 5.74) is 1.43. The molecule has 0 radical (unpaired) electrons. The zero-order valence-electron chi connectivity index (χ0n) is 10.6. The molecular weight excluding hydrogens is 252 g/mol. The van der Waals surface area contributed by atoms with Crippen molar-refractivity contribution in [2.75, 3.05) is 13.2 Å². The number of fused-ring (bicyclic) bond motifs is 1. The van der Waals surface area contributed by atoms with Gasteiger partial charge in [-0.3, -0.25) is 4.79 Å². The van der Waals surface area contributed by atoms with E-state index < -0.39 is 5.82 Å². The third-order valence-electron chi connectivity index (χ3n) is 3.08. The highest BCUT2D eigenvalue weighted by atomic mass is 19.1. The number of halogens is 2. The maximum absolute atomic E-state index is 13.5. The molecule has 1 heterocycles. The summed E-state index contributed by atoms with van der Waals surface area (Å²) in [7, 11) is 0. The zero-order chi connectivity index (χ0) is 13.8. The number of hydrogen-bond donors (Lipinski definition) is 1. The molecule has 102 valence electrons. The van der Waals surface area contributed by atoms with Gasteiger partial charge in [-0.2, -0.15) is 0 Å². The van der Waals surface area contributed by atoms with E-state index in [4.69, 9.17) is 4.74 Å². The van der Waals surface area contributed by atoms with Gasteiger partial charge in [0.15, 0.2) is 0 Å². The molecule has 0 saturated carbocycles. The van der Waals surface area contributed by atoms with Gasteiger partial charge in [-0.1, -0.05) is 6.92 Å². The maximum atomic E-state index is 13.5. The number of ether oxygens (including phenoxy) is 1. The monoisotopic (exact) mass is 267 g/mol. The summed E-state index contributed by atoms with van der Waals surface area (Å²) < 4.78 is 31.3. The highest BCUT2D eigenvalue weighted by Gasteiger charge is 2.22. The molecule has 0 bridgehead atoms. The summed E-state index contributed by atoms with van der Waals surface area (Å²) in [6.07, 6.45) is 1.54. The van der Waals surface area contributed by atoms with Crippen LogP contribution < -0.4 is 10.1 Å². The van der Waals surface area contributed by atoms with Crippen molar-refractivity contribution in [1.29, 1.82) is 0 Å². The van der Waals surface area contributed by atoms with Crippen LogP contribution in [-0.4, -0.2) is 19.1 Å². The SMILES string of the molecule is CC/C(=C\F)COc1cc(F)cc2c1C(=O)NCC2. The topological polar surface area (TPSA) is 38.3 Å². The van der Waals surface area contributed by atoms with Gasteiger partial charge >= 0.3 is 0 Å². The lowest BCUT2D eigenvalue weighted by Gasteiger charge is -2.20. The minimum absolute atomic E-state index is 0.0101. The normalized spacial score (nSPS) is 14.9. The van der Waals surface area contributed by atoms with Crippen molar-refractivity contribution >= 4 is 5.91 Å². The molecule has 5 heteroatoms. The number of hydrogen-bond acceptors (Lipinski definition) is 2. The predicted octanol–water partition coefficient (Wildman–Crippen LogP) is 2.75. The Morgan fingerprint density at radius 1 is 1.53 bits per heavy atom. The van der Waals surface area contributed by atoms with Crippen molar-refractivity contribution in [3.8, 4) is 5.75 Å². The smallest absolute Gasteiger partial charge is 0.255 e. The van der Waals surface area contributed by atoms with E-state index in [2.05, 4.69) is 5.32 Å². The van der Waals surface area contributed by atoms with Gasteiger partial charge in [0.2, 0.25) is 0 Å². The Labute approximate surface area is 110 Å². The van der Waals surface area contributed by atoms with Gasteiger partial charge in [0.1, 0.15) is 18.2 Å². The van der Waals surface area contributed by atoms with Gasteiger partial charge in [0.05, 0.1) is 11.9 Å². The van der Waals surface area contributed by atoms with E-state index in [1.54, 1.807) is 6.92 Å². The molecule has 0 aromatic heterocycles. The average Bonchev–Trinajstić information content (AvgIpc) is 2.39. The number of benzene rings is 1. The van der Waals surface area contributed by atoms with Crippen LogP contribution in [-0.2, 0) is 6.42 Å². The summed E-state index contributed by atoms with van der Waals surface area (Å²) in [6, 6.07) is 2.50. The third kappa shape index (κ3) is 2.92. The van der Waals surface area contributed by atoms with Crippen LogP contribution in [0.1, 0.15) is 29.3 Å². The van der Waals surface area contributed by atoms with E-state index in [0.717, 1.165) is 6.07 Å². The summed E-state index contributed by atoms with van der Waals surface area (Å²) in [5, 5.41) is 2.68. The molecule has 0 unspecified atom stereocenters. The van der Waals surface area contributed by atoms with Gasteiger partial charge < -0.3 is 10.1 Å². The molecule has 1 N–H and O–H groups in total. The quantitative estimate of drug-likeness (QED) is 0.911. The van der Waals surface area contributed by atoms with Gasteiger partial charge in [-0.15, -0.1) is 0 Å². The van der Waals surface area contributed by atoms with E-state index in [1.165, 1.54) is 6.07 Å². The molecule has 1 aromatic carbocycles. The van der Waals surface area contributed by atoms with Gasteiger partial charge in [-0.05, 0) is 30.0 Å². The van der Waals surface area contributed by atoms with E-state index in [-0.39, 0.29) is 18.3 Å². The van der Waals surface area contributed by atoms with Crippen LogP contribution in [0.2, 0.25) is 0 Å². The Bertz CT molecular complexity index is 526. The molecule has 2 rings (SSSR count). The molecule has 1 amide bonds. The highest BCUT2D eigenvalue weighted by Crippen LogP contribution is 2.27. The van der Waals surface area contributed by atoms with Crippen LogP contribution in [0.25, 0.3) is 0 Å². The Balaban J connectivity index is 2.29. The highest BCUT2D eigenvalue weighted by molar-refractivity contribution is 5.99. The van der Waals surface area contributed by atoms with E-state index in [1.807, 2.05) is 0 Å². The Morgan fingerprint density at radius 3 is 3.00 bits per heavy atom. The van der Waals surface area contributed by atoms with E-state index >= 15 is 0 Å². The zero-order valence-corrected chi connectivity index (χ0v) is 10.6. The molecule has 0 atom stereocenters. The maximum Gasteiger partial charge on any atom is 0.255 e. The minimum atomic E-state index is -0.453. The number of carbonyl (C=O) groups excluding carboxylic acids is 1. The van der Waals surface area contributed by atoms with E-state index in [0.29, 0.717) is 42.4 Å². The summed E-state index contributed by atoms with van der Waals surface area (Å²) in [6.45, 7) is 2.29. The summed E-state index contributed by atoms with van der Waals surface area (Å²) in [4.78, 5) is 11.8. The standard InChI is InChI=1S/C14H15F2NO2/c1-2-9(7-15)8-19-12-6-11(16)5-10-3-4-17-14(18)13(10)12/h5-7H,2-4,8H2,1H3,(H,17,18)/b9-7+. The first-order valence-corrected chi connectivity index (χ1v) is 6.17. The molecule has 19 heavy (non-hydrogen) atoms. The van der Waals surface area contributed by atoms with Gasteiger partial charge in [0.25, 0.3) is 5.91 Å². The molecule has 3 nitrogen and oxygen atoms in total. The Kier molecular flexibility index (Phi) is 4.14. The third-order valence-corrected chi connectivity index (χ3v) is 3.08. The van der Waals surface area contributed by atoms with Crippen molar-refractivity contribution in [1.82, 2.24) is 5.32 Å². The second kappa shape index (κ2) is 5.82. The number of amides is 1. The predicted molar refractivity (Wildman–Crippen MR) is 67.4 cm³/mol. The van der Waals surface area contributed by atoms with Crippen molar-refractivity contribution in [3.05, 3.63) is 41.0 Å². The molecule has 0 saturated heterocycles. The fourth-order valence-electron chi connectivity index (χ4n) is 1.98. The van der Waals surface area contributed by atoms with Crippen LogP contribution in [0.5, 0.6) is 5.75 Å². The van der Waals surface area contributed by atoms with Crippen LogP contribution in [0.3, 0.4) is 0 Å². The Morgan fingerprint density at radius 2 is 2.32 bits per heavy atom. The number of rotatable bonds is 4. The van der Waals surface area contributed by atoms with E-state index in [9.17, 15) is 13.6 Å². The van der Waals surface area contributed by atoms with Crippen molar-refractivity contribution in [3.63, 3.8) is 0 Å². The fraction of sp³-hybridized carbons (Fsp3) is 0.357. The first kappa shape index (κ1) is 13.5. The molecule has 0 aliphatic carbocycles. The summed E-state index contributed by atoms with van der Waals surface area (Å²) in [5.74, 6) is -0.566. The average molecular weight is 267 g/mol. The second-order valence-electron chi connectivity index (χ2n) is 4.35. The largest absolute Gasteiger partial charge is 0.488 e. The van der Waals surface area contributed by atoms with Gasteiger partial charge in [-0.25, -0.2) is 8.78 Å². The fourth-order valence-corrected chi connectivity index (χ4v) is 1.98. The molecular formula is C14H15F2NO2. The lowest BCUT2D eigenvalue weighted by molar-refractivity contribution is 0.0942. The van der Waals surface area contributed by atoms with Crippen molar-refractivity contribution < 1.29 is 18.3 Å². The van der Waals surface area contributed by atoms with Crippen molar-refractivity contribution in [2.45, 2.75) is 19.8 Å². The van der Waals surface area contributed by atoms with Crippen LogP contribution in [0.4, 0.5) is 8.78 Å². The number of carbonyl (C=O) groups is 1. The molecule has 1 aliphatic rings. The lowest BCUT2D eigenvalue weighted by Crippen LogP contribution is -2.32. The summed E-state index contributed by atoms with van der Waals surface area (Å²) >= 11 is 0. The minimum Gasteiger partial charge on any atom is -0.488 e. The van der Waals surface area contributed by atoms with Crippen LogP contribution in [0.15, 0.2) is 24.0 Å². The van der Waals surface area contributed by atoms with Crippen LogP contribution >= 0.6 is 0 Å². The number of nitrogens with one attached hydrogen (secondary N) is 1. The van der Waals surface area contributed by atoms with Crippen LogP contribution in [0, 0.1) is 5.82 Å². The molecule has 0 fully saturated rings. The first-order valence-electron chi connectivity index (χ1n) is 6.17.